The van der Waals surface area contributed by atoms with Crippen molar-refractivity contribution in [3.8, 4) is 5.75 Å². The number of hydrogen-bond donors (Lipinski definition) is 3. The van der Waals surface area contributed by atoms with Crippen molar-refractivity contribution in [3.05, 3.63) is 48.5 Å². The van der Waals surface area contributed by atoms with E-state index in [1.165, 1.54) is 0 Å². The van der Waals surface area contributed by atoms with Gasteiger partial charge in [-0.2, -0.15) is 0 Å². The van der Waals surface area contributed by atoms with Crippen molar-refractivity contribution in [1.82, 2.24) is 0 Å². The van der Waals surface area contributed by atoms with Crippen molar-refractivity contribution in [1.29, 1.82) is 0 Å². The molecule has 2 amide bonds. The number of methoxy groups -OCH3 is 1. The van der Waals surface area contributed by atoms with Gasteiger partial charge in [0.15, 0.2) is 0 Å². The van der Waals surface area contributed by atoms with Crippen LogP contribution in [-0.4, -0.2) is 25.5 Å². The summed E-state index contributed by atoms with van der Waals surface area (Å²) in [6.07, 6.45) is 0.492. The van der Waals surface area contributed by atoms with Gasteiger partial charge in [-0.25, -0.2) is 0 Å². The highest BCUT2D eigenvalue weighted by Crippen LogP contribution is 2.16. The molecule has 0 saturated heterocycles. The van der Waals surface area contributed by atoms with E-state index >= 15 is 0 Å². The Bertz CT molecular complexity index is 725. The van der Waals surface area contributed by atoms with Gasteiger partial charge in [0.1, 0.15) is 5.75 Å². The number of carbonyl (C=O) groups excluding carboxylic acids is 2. The molecule has 0 aromatic heterocycles. The predicted molar refractivity (Wildman–Crippen MR) is 105 cm³/mol. The second-order valence-electron chi connectivity index (χ2n) is 6.35. The first-order valence-corrected chi connectivity index (χ1v) is 8.54. The van der Waals surface area contributed by atoms with Crippen molar-refractivity contribution in [2.75, 3.05) is 29.6 Å². The van der Waals surface area contributed by atoms with E-state index in [1.54, 1.807) is 31.4 Å². The number of nitrogens with one attached hydrogen (secondary N) is 3. The van der Waals surface area contributed by atoms with Crippen LogP contribution in [0.5, 0.6) is 5.75 Å². The lowest BCUT2D eigenvalue weighted by Gasteiger charge is -2.10. The molecule has 0 saturated carbocycles. The Morgan fingerprint density at radius 3 is 1.88 bits per heavy atom. The first-order chi connectivity index (χ1) is 12.5. The summed E-state index contributed by atoms with van der Waals surface area (Å²) in [5, 5.41) is 8.71. The molecule has 0 radical (unpaired) electrons. The second-order valence-corrected chi connectivity index (χ2v) is 6.35. The molecule has 2 aromatic carbocycles. The Morgan fingerprint density at radius 2 is 1.35 bits per heavy atom. The molecule has 6 heteroatoms. The highest BCUT2D eigenvalue weighted by atomic mass is 16.5. The van der Waals surface area contributed by atoms with Crippen LogP contribution < -0.4 is 20.7 Å². The number of carbonyl (C=O) groups is 2. The van der Waals surface area contributed by atoms with Crippen molar-refractivity contribution < 1.29 is 14.3 Å². The van der Waals surface area contributed by atoms with Crippen molar-refractivity contribution in [2.24, 2.45) is 5.92 Å². The number of ether oxygens (including phenoxy) is 1. The zero-order valence-electron chi connectivity index (χ0n) is 15.3. The van der Waals surface area contributed by atoms with Gasteiger partial charge in [0, 0.05) is 23.5 Å². The van der Waals surface area contributed by atoms with E-state index in [0.717, 1.165) is 17.1 Å². The maximum atomic E-state index is 12.0. The van der Waals surface area contributed by atoms with Gasteiger partial charge in [-0.15, -0.1) is 0 Å². The molecule has 0 bridgehead atoms. The van der Waals surface area contributed by atoms with E-state index in [0.29, 0.717) is 18.0 Å². The summed E-state index contributed by atoms with van der Waals surface area (Å²) in [6, 6.07) is 14.4. The molecule has 0 unspecified atom stereocenters. The minimum absolute atomic E-state index is 0.000390. The number of rotatable bonds is 8. The summed E-state index contributed by atoms with van der Waals surface area (Å²) < 4.78 is 5.08. The third-order valence-electron chi connectivity index (χ3n) is 3.59. The number of hydrogen-bond acceptors (Lipinski definition) is 4. The minimum Gasteiger partial charge on any atom is -0.497 e. The fraction of sp³-hybridized carbons (Fsp3) is 0.300. The Balaban J connectivity index is 1.79. The lowest BCUT2D eigenvalue weighted by atomic mass is 10.1. The van der Waals surface area contributed by atoms with Crippen LogP contribution in [0.1, 0.15) is 20.3 Å². The number of anilines is 3. The minimum atomic E-state index is -0.149. The maximum absolute atomic E-state index is 12.0. The maximum Gasteiger partial charge on any atom is 0.243 e. The van der Waals surface area contributed by atoms with E-state index in [9.17, 15) is 9.59 Å². The lowest BCUT2D eigenvalue weighted by Crippen LogP contribution is -2.21. The first-order valence-electron chi connectivity index (χ1n) is 8.54. The Kier molecular flexibility index (Phi) is 7.02. The van der Waals surface area contributed by atoms with Gasteiger partial charge in [0.2, 0.25) is 11.8 Å². The summed E-state index contributed by atoms with van der Waals surface area (Å²) >= 11 is 0. The van der Waals surface area contributed by atoms with Crippen LogP contribution in [0.3, 0.4) is 0 Å². The van der Waals surface area contributed by atoms with E-state index < -0.39 is 0 Å². The molecular weight excluding hydrogens is 330 g/mol. The molecular formula is C20H25N3O3. The van der Waals surface area contributed by atoms with Gasteiger partial charge >= 0.3 is 0 Å². The Morgan fingerprint density at radius 1 is 0.846 bits per heavy atom. The highest BCUT2D eigenvalue weighted by molar-refractivity contribution is 5.94. The zero-order valence-corrected chi connectivity index (χ0v) is 15.3. The van der Waals surface area contributed by atoms with Gasteiger partial charge < -0.3 is 20.7 Å². The van der Waals surface area contributed by atoms with Crippen molar-refractivity contribution in [2.45, 2.75) is 20.3 Å². The van der Waals surface area contributed by atoms with Crippen LogP contribution in [0.4, 0.5) is 17.1 Å². The smallest absolute Gasteiger partial charge is 0.243 e. The van der Waals surface area contributed by atoms with E-state index in [1.807, 2.05) is 38.1 Å². The van der Waals surface area contributed by atoms with Crippen molar-refractivity contribution >= 4 is 28.9 Å². The normalized spacial score (nSPS) is 10.3. The Hall–Kier alpha value is -3.02. The number of benzene rings is 2. The van der Waals surface area contributed by atoms with Crippen LogP contribution in [0, 0.1) is 5.92 Å². The Labute approximate surface area is 153 Å². The SMILES string of the molecule is COc1ccc(NC(=O)CNc2ccc(NC(=O)CC(C)C)cc2)cc1. The molecule has 0 atom stereocenters. The molecule has 2 aromatic rings. The standard InChI is InChI=1S/C20H25N3O3/c1-14(2)12-19(24)22-16-6-4-15(5-7-16)21-13-20(25)23-17-8-10-18(26-3)11-9-17/h4-11,14,21H,12-13H2,1-3H3,(H,22,24)(H,23,25). The largest absolute Gasteiger partial charge is 0.497 e. The second kappa shape index (κ2) is 9.46. The average molecular weight is 355 g/mol. The predicted octanol–water partition coefficient (Wildman–Crippen LogP) is 3.73. The molecule has 3 N–H and O–H groups in total. The van der Waals surface area contributed by atoms with Crippen LogP contribution in [0.15, 0.2) is 48.5 Å². The third-order valence-corrected chi connectivity index (χ3v) is 3.59. The quantitative estimate of drug-likeness (QED) is 0.674. The van der Waals surface area contributed by atoms with E-state index in [4.69, 9.17) is 4.74 Å². The molecule has 2 rings (SSSR count). The molecule has 0 aliphatic heterocycles. The zero-order chi connectivity index (χ0) is 18.9. The van der Waals surface area contributed by atoms with Gasteiger partial charge in [-0.05, 0) is 54.4 Å². The van der Waals surface area contributed by atoms with Crippen molar-refractivity contribution in [3.63, 3.8) is 0 Å². The van der Waals surface area contributed by atoms with Crippen LogP contribution >= 0.6 is 0 Å². The molecule has 0 fully saturated rings. The summed E-state index contributed by atoms with van der Waals surface area (Å²) in [6.45, 7) is 4.15. The molecule has 0 spiro atoms. The first kappa shape index (κ1) is 19.3. The fourth-order valence-corrected chi connectivity index (χ4v) is 2.32. The van der Waals surface area contributed by atoms with Crippen LogP contribution in [0.25, 0.3) is 0 Å². The van der Waals surface area contributed by atoms with E-state index in [2.05, 4.69) is 16.0 Å². The average Bonchev–Trinajstić information content (AvgIpc) is 2.61. The van der Waals surface area contributed by atoms with Crippen LogP contribution in [-0.2, 0) is 9.59 Å². The molecule has 0 aliphatic rings. The molecule has 0 aliphatic carbocycles. The third kappa shape index (κ3) is 6.47. The highest BCUT2D eigenvalue weighted by Gasteiger charge is 2.06. The summed E-state index contributed by atoms with van der Waals surface area (Å²) in [4.78, 5) is 23.7. The lowest BCUT2D eigenvalue weighted by molar-refractivity contribution is -0.117. The number of amides is 2. The van der Waals surface area contributed by atoms with Gasteiger partial charge in [0.05, 0.1) is 13.7 Å². The van der Waals surface area contributed by atoms with Gasteiger partial charge in [-0.3, -0.25) is 9.59 Å². The summed E-state index contributed by atoms with van der Waals surface area (Å²) in [5.41, 5.74) is 2.25. The topological polar surface area (TPSA) is 79.5 Å². The fourth-order valence-electron chi connectivity index (χ4n) is 2.32. The summed E-state index contributed by atoms with van der Waals surface area (Å²) in [5.74, 6) is 0.908. The molecule has 0 heterocycles. The summed E-state index contributed by atoms with van der Waals surface area (Å²) in [7, 11) is 1.60. The molecule has 138 valence electrons. The van der Waals surface area contributed by atoms with Crippen LogP contribution in [0.2, 0.25) is 0 Å². The van der Waals surface area contributed by atoms with Gasteiger partial charge in [-0.1, -0.05) is 13.8 Å². The molecule has 6 nitrogen and oxygen atoms in total. The monoisotopic (exact) mass is 355 g/mol. The molecule has 26 heavy (non-hydrogen) atoms. The van der Waals surface area contributed by atoms with E-state index in [-0.39, 0.29) is 18.4 Å². The van der Waals surface area contributed by atoms with Gasteiger partial charge in [0.25, 0.3) is 0 Å².